The first kappa shape index (κ1) is 15.9. The predicted octanol–water partition coefficient (Wildman–Crippen LogP) is 1.90. The SMILES string of the molecule is CC1CN(C(=O)c2csc([N+](=O)[O-])c2)CC(C)N1.Cl. The van der Waals surface area contributed by atoms with E-state index < -0.39 is 4.92 Å². The Kier molecular flexibility index (Phi) is 5.28. The first-order valence-electron chi connectivity index (χ1n) is 5.75. The number of thiophene rings is 1. The quantitative estimate of drug-likeness (QED) is 0.669. The number of halogens is 1. The summed E-state index contributed by atoms with van der Waals surface area (Å²) in [6, 6.07) is 1.84. The molecular formula is C11H16ClN3O3S. The zero-order valence-corrected chi connectivity index (χ0v) is 12.3. The molecule has 106 valence electrons. The van der Waals surface area contributed by atoms with E-state index in [0.717, 1.165) is 11.3 Å². The van der Waals surface area contributed by atoms with Gasteiger partial charge in [-0.2, -0.15) is 0 Å². The van der Waals surface area contributed by atoms with Crippen molar-refractivity contribution in [2.45, 2.75) is 25.9 Å². The van der Waals surface area contributed by atoms with E-state index >= 15 is 0 Å². The summed E-state index contributed by atoms with van der Waals surface area (Å²) in [4.78, 5) is 24.1. The van der Waals surface area contributed by atoms with E-state index in [1.54, 1.807) is 10.3 Å². The van der Waals surface area contributed by atoms with Gasteiger partial charge in [0.2, 0.25) is 0 Å². The lowest BCUT2D eigenvalue weighted by atomic mass is 10.1. The molecule has 1 N–H and O–H groups in total. The second kappa shape index (κ2) is 6.31. The van der Waals surface area contributed by atoms with Gasteiger partial charge in [-0.15, -0.1) is 12.4 Å². The van der Waals surface area contributed by atoms with Crippen LogP contribution in [-0.2, 0) is 0 Å². The minimum atomic E-state index is -0.468. The first-order chi connectivity index (χ1) is 8.47. The predicted molar refractivity (Wildman–Crippen MR) is 76.2 cm³/mol. The summed E-state index contributed by atoms with van der Waals surface area (Å²) in [6.07, 6.45) is 0. The largest absolute Gasteiger partial charge is 0.336 e. The maximum absolute atomic E-state index is 12.2. The molecule has 0 aliphatic carbocycles. The van der Waals surface area contributed by atoms with Crippen LogP contribution in [0.3, 0.4) is 0 Å². The molecule has 0 aromatic carbocycles. The molecule has 6 nitrogen and oxygen atoms in total. The van der Waals surface area contributed by atoms with Gasteiger partial charge in [-0.05, 0) is 13.8 Å². The van der Waals surface area contributed by atoms with Gasteiger partial charge in [-0.3, -0.25) is 14.9 Å². The van der Waals surface area contributed by atoms with Crippen LogP contribution in [0.15, 0.2) is 11.4 Å². The summed E-state index contributed by atoms with van der Waals surface area (Å²) in [6.45, 7) is 5.30. The summed E-state index contributed by atoms with van der Waals surface area (Å²) in [5.41, 5.74) is 0.410. The summed E-state index contributed by atoms with van der Waals surface area (Å²) in [5, 5.41) is 15.5. The molecule has 0 saturated carbocycles. The van der Waals surface area contributed by atoms with Crippen molar-refractivity contribution in [3.05, 3.63) is 27.1 Å². The van der Waals surface area contributed by atoms with Crippen LogP contribution in [0.5, 0.6) is 0 Å². The average molecular weight is 306 g/mol. The Hall–Kier alpha value is -1.18. The van der Waals surface area contributed by atoms with Gasteiger partial charge in [0.25, 0.3) is 5.91 Å². The van der Waals surface area contributed by atoms with Crippen molar-refractivity contribution in [3.63, 3.8) is 0 Å². The second-order valence-corrected chi connectivity index (χ2v) is 5.50. The highest BCUT2D eigenvalue weighted by molar-refractivity contribution is 7.13. The molecule has 0 bridgehead atoms. The molecule has 19 heavy (non-hydrogen) atoms. The third-order valence-electron chi connectivity index (χ3n) is 2.86. The lowest BCUT2D eigenvalue weighted by molar-refractivity contribution is -0.380. The Morgan fingerprint density at radius 1 is 1.47 bits per heavy atom. The molecule has 1 aliphatic heterocycles. The monoisotopic (exact) mass is 305 g/mol. The molecule has 1 fully saturated rings. The third kappa shape index (κ3) is 3.65. The van der Waals surface area contributed by atoms with Crippen LogP contribution < -0.4 is 5.32 Å². The molecule has 1 saturated heterocycles. The van der Waals surface area contributed by atoms with E-state index in [2.05, 4.69) is 5.32 Å². The maximum Gasteiger partial charge on any atom is 0.324 e. The molecule has 2 unspecified atom stereocenters. The summed E-state index contributed by atoms with van der Waals surface area (Å²) >= 11 is 0.989. The number of hydrogen-bond acceptors (Lipinski definition) is 5. The van der Waals surface area contributed by atoms with Gasteiger partial charge in [-0.1, -0.05) is 11.3 Å². The van der Waals surface area contributed by atoms with E-state index in [1.165, 1.54) is 6.07 Å². The van der Waals surface area contributed by atoms with Crippen LogP contribution in [0.2, 0.25) is 0 Å². The van der Waals surface area contributed by atoms with Crippen LogP contribution in [0.4, 0.5) is 5.00 Å². The molecular weight excluding hydrogens is 290 g/mol. The maximum atomic E-state index is 12.2. The van der Waals surface area contributed by atoms with E-state index in [1.807, 2.05) is 13.8 Å². The van der Waals surface area contributed by atoms with Crippen molar-refractivity contribution in [2.24, 2.45) is 0 Å². The first-order valence-corrected chi connectivity index (χ1v) is 6.63. The highest BCUT2D eigenvalue weighted by Crippen LogP contribution is 2.24. The average Bonchev–Trinajstić information content (AvgIpc) is 2.75. The molecule has 1 amide bonds. The van der Waals surface area contributed by atoms with Gasteiger partial charge in [0.05, 0.1) is 10.5 Å². The molecule has 2 atom stereocenters. The number of nitro groups is 1. The Balaban J connectivity index is 0.00000180. The van der Waals surface area contributed by atoms with E-state index in [-0.39, 0.29) is 35.4 Å². The van der Waals surface area contributed by atoms with Gasteiger partial charge in [-0.25, -0.2) is 0 Å². The van der Waals surface area contributed by atoms with E-state index in [4.69, 9.17) is 0 Å². The number of nitrogens with zero attached hydrogens (tertiary/aromatic N) is 2. The number of piperazine rings is 1. The molecule has 8 heteroatoms. The molecule has 1 aliphatic rings. The number of rotatable bonds is 2. The van der Waals surface area contributed by atoms with Gasteiger partial charge in [0.1, 0.15) is 0 Å². The van der Waals surface area contributed by atoms with Crippen molar-refractivity contribution >= 4 is 34.7 Å². The Bertz CT molecular complexity index is 470. The Morgan fingerprint density at radius 2 is 2.05 bits per heavy atom. The third-order valence-corrected chi connectivity index (χ3v) is 3.74. The number of carbonyl (C=O) groups is 1. The highest BCUT2D eigenvalue weighted by atomic mass is 35.5. The fourth-order valence-corrected chi connectivity index (χ4v) is 2.91. The van der Waals surface area contributed by atoms with Crippen LogP contribution >= 0.6 is 23.7 Å². The number of amides is 1. The van der Waals surface area contributed by atoms with Crippen molar-refractivity contribution in [2.75, 3.05) is 13.1 Å². The van der Waals surface area contributed by atoms with E-state index in [0.29, 0.717) is 18.7 Å². The Labute approximate surface area is 121 Å². The van der Waals surface area contributed by atoms with Crippen LogP contribution in [0.25, 0.3) is 0 Å². The minimum absolute atomic E-state index is 0. The fraction of sp³-hybridized carbons (Fsp3) is 0.545. The number of carbonyl (C=O) groups excluding carboxylic acids is 1. The van der Waals surface area contributed by atoms with Gasteiger partial charge in [0, 0.05) is 36.6 Å². The normalized spacial score (nSPS) is 22.7. The lowest BCUT2D eigenvalue weighted by Crippen LogP contribution is -2.55. The van der Waals surface area contributed by atoms with Crippen LogP contribution in [-0.4, -0.2) is 40.9 Å². The molecule has 2 heterocycles. The van der Waals surface area contributed by atoms with Crippen molar-refractivity contribution < 1.29 is 9.72 Å². The topological polar surface area (TPSA) is 75.5 Å². The molecule has 2 rings (SSSR count). The summed E-state index contributed by atoms with van der Waals surface area (Å²) in [7, 11) is 0. The van der Waals surface area contributed by atoms with Gasteiger partial charge >= 0.3 is 5.00 Å². The zero-order valence-electron chi connectivity index (χ0n) is 10.7. The van der Waals surface area contributed by atoms with Gasteiger partial charge < -0.3 is 10.2 Å². The Morgan fingerprint density at radius 3 is 2.53 bits per heavy atom. The number of nitrogens with one attached hydrogen (secondary N) is 1. The fourth-order valence-electron chi connectivity index (χ4n) is 2.21. The zero-order chi connectivity index (χ0) is 13.3. The summed E-state index contributed by atoms with van der Waals surface area (Å²) in [5.74, 6) is -0.125. The second-order valence-electron chi connectivity index (χ2n) is 4.61. The smallest absolute Gasteiger partial charge is 0.324 e. The number of hydrogen-bond donors (Lipinski definition) is 1. The minimum Gasteiger partial charge on any atom is -0.336 e. The molecule has 0 radical (unpaired) electrons. The van der Waals surface area contributed by atoms with E-state index in [9.17, 15) is 14.9 Å². The summed E-state index contributed by atoms with van der Waals surface area (Å²) < 4.78 is 0. The highest BCUT2D eigenvalue weighted by Gasteiger charge is 2.27. The molecule has 1 aromatic rings. The van der Waals surface area contributed by atoms with Gasteiger partial charge in [0.15, 0.2) is 0 Å². The van der Waals surface area contributed by atoms with Crippen LogP contribution in [0, 0.1) is 10.1 Å². The molecule has 1 aromatic heterocycles. The lowest BCUT2D eigenvalue weighted by Gasteiger charge is -2.36. The standard InChI is InChI=1S/C11H15N3O3S.ClH/c1-7-4-13(5-8(2)12-7)11(15)9-3-10(14(16)17)18-6-9;/h3,6-8,12H,4-5H2,1-2H3;1H. The van der Waals surface area contributed by atoms with Crippen LogP contribution in [0.1, 0.15) is 24.2 Å². The van der Waals surface area contributed by atoms with Crippen molar-refractivity contribution in [3.8, 4) is 0 Å². The molecule has 0 spiro atoms. The van der Waals surface area contributed by atoms with Crippen molar-refractivity contribution in [1.82, 2.24) is 10.2 Å². The van der Waals surface area contributed by atoms with Crippen molar-refractivity contribution in [1.29, 1.82) is 0 Å².